The number of hydrogen-bond acceptors (Lipinski definition) is 3. The summed E-state index contributed by atoms with van der Waals surface area (Å²) in [7, 11) is 0. The standard InChI is InChI=1S/C9H13FN2O/c1-5-3-8(9(13)6(2)11)12-4-7(5)10/h3-4,6,9,13H,11H2,1-2H3/t6-,9+/m0/s1. The van der Waals surface area contributed by atoms with Crippen LogP contribution in [0.2, 0.25) is 0 Å². The molecule has 1 rings (SSSR count). The topological polar surface area (TPSA) is 59.1 Å². The molecule has 0 spiro atoms. The summed E-state index contributed by atoms with van der Waals surface area (Å²) in [5.41, 5.74) is 6.35. The van der Waals surface area contributed by atoms with Crippen molar-refractivity contribution in [1.82, 2.24) is 4.98 Å². The van der Waals surface area contributed by atoms with Crippen molar-refractivity contribution in [2.45, 2.75) is 26.0 Å². The molecule has 0 fully saturated rings. The molecule has 0 bridgehead atoms. The van der Waals surface area contributed by atoms with Crippen LogP contribution in [-0.4, -0.2) is 16.1 Å². The Morgan fingerprint density at radius 1 is 1.62 bits per heavy atom. The van der Waals surface area contributed by atoms with Crippen LogP contribution in [0.5, 0.6) is 0 Å². The Hall–Kier alpha value is -1.00. The first-order valence-corrected chi connectivity index (χ1v) is 4.08. The van der Waals surface area contributed by atoms with Crippen LogP contribution >= 0.6 is 0 Å². The number of pyridine rings is 1. The molecule has 0 saturated heterocycles. The third kappa shape index (κ3) is 2.23. The van der Waals surface area contributed by atoms with E-state index in [1.165, 1.54) is 6.07 Å². The zero-order chi connectivity index (χ0) is 10.0. The van der Waals surface area contributed by atoms with Gasteiger partial charge in [0.15, 0.2) is 0 Å². The molecule has 1 aromatic rings. The van der Waals surface area contributed by atoms with Crippen LogP contribution in [0, 0.1) is 12.7 Å². The quantitative estimate of drug-likeness (QED) is 0.718. The van der Waals surface area contributed by atoms with Gasteiger partial charge in [-0.2, -0.15) is 0 Å². The fourth-order valence-electron chi connectivity index (χ4n) is 0.992. The molecule has 0 saturated carbocycles. The van der Waals surface area contributed by atoms with E-state index in [0.29, 0.717) is 11.3 Å². The van der Waals surface area contributed by atoms with Crippen LogP contribution < -0.4 is 5.73 Å². The van der Waals surface area contributed by atoms with E-state index in [9.17, 15) is 9.50 Å². The maximum absolute atomic E-state index is 12.8. The van der Waals surface area contributed by atoms with Gasteiger partial charge < -0.3 is 10.8 Å². The molecule has 3 N–H and O–H groups in total. The fraction of sp³-hybridized carbons (Fsp3) is 0.444. The lowest BCUT2D eigenvalue weighted by Gasteiger charge is -2.13. The first-order valence-electron chi connectivity index (χ1n) is 4.08. The number of hydrogen-bond donors (Lipinski definition) is 2. The fourth-order valence-corrected chi connectivity index (χ4v) is 0.992. The molecule has 0 amide bonds. The Kier molecular flexibility index (Phi) is 2.95. The van der Waals surface area contributed by atoms with Gasteiger partial charge in [-0.15, -0.1) is 0 Å². The van der Waals surface area contributed by atoms with Crippen molar-refractivity contribution in [2.75, 3.05) is 0 Å². The lowest BCUT2D eigenvalue weighted by Crippen LogP contribution is -2.25. The molecule has 0 aliphatic carbocycles. The van der Waals surface area contributed by atoms with Crippen LogP contribution in [0.1, 0.15) is 24.3 Å². The van der Waals surface area contributed by atoms with E-state index in [4.69, 9.17) is 5.73 Å². The van der Waals surface area contributed by atoms with Crippen LogP contribution in [0.25, 0.3) is 0 Å². The highest BCUT2D eigenvalue weighted by Gasteiger charge is 2.14. The molecular weight excluding hydrogens is 171 g/mol. The van der Waals surface area contributed by atoms with Crippen molar-refractivity contribution < 1.29 is 9.50 Å². The van der Waals surface area contributed by atoms with Crippen molar-refractivity contribution in [3.05, 3.63) is 29.3 Å². The van der Waals surface area contributed by atoms with E-state index in [1.807, 2.05) is 0 Å². The zero-order valence-electron chi connectivity index (χ0n) is 7.66. The summed E-state index contributed by atoms with van der Waals surface area (Å²) in [6.45, 7) is 3.29. The number of aliphatic hydroxyl groups is 1. The molecule has 72 valence electrons. The largest absolute Gasteiger partial charge is 0.385 e. The molecule has 0 aromatic carbocycles. The van der Waals surface area contributed by atoms with Crippen LogP contribution in [0.4, 0.5) is 4.39 Å². The normalized spacial score (nSPS) is 15.5. The molecule has 0 unspecified atom stereocenters. The van der Waals surface area contributed by atoms with E-state index in [-0.39, 0.29) is 5.82 Å². The highest BCUT2D eigenvalue weighted by molar-refractivity contribution is 5.18. The predicted molar refractivity (Wildman–Crippen MR) is 47.5 cm³/mol. The second-order valence-corrected chi connectivity index (χ2v) is 3.16. The van der Waals surface area contributed by atoms with Gasteiger partial charge in [0.25, 0.3) is 0 Å². The molecule has 1 aromatic heterocycles. The van der Waals surface area contributed by atoms with Gasteiger partial charge in [0.05, 0.1) is 11.9 Å². The van der Waals surface area contributed by atoms with Crippen molar-refractivity contribution in [3.63, 3.8) is 0 Å². The summed E-state index contributed by atoms with van der Waals surface area (Å²) in [5.74, 6) is -0.374. The van der Waals surface area contributed by atoms with E-state index in [2.05, 4.69) is 4.98 Å². The molecule has 13 heavy (non-hydrogen) atoms. The minimum Gasteiger partial charge on any atom is -0.385 e. The summed E-state index contributed by atoms with van der Waals surface area (Å²) in [6, 6.07) is 1.10. The zero-order valence-corrected chi connectivity index (χ0v) is 7.66. The van der Waals surface area contributed by atoms with Crippen molar-refractivity contribution in [3.8, 4) is 0 Å². The molecule has 0 aliphatic heterocycles. The average molecular weight is 184 g/mol. The van der Waals surface area contributed by atoms with Crippen molar-refractivity contribution in [2.24, 2.45) is 5.73 Å². The minimum atomic E-state index is -0.834. The number of aryl methyl sites for hydroxylation is 1. The lowest BCUT2D eigenvalue weighted by molar-refractivity contribution is 0.148. The van der Waals surface area contributed by atoms with Gasteiger partial charge in [0.1, 0.15) is 11.9 Å². The number of nitrogens with zero attached hydrogens (tertiary/aromatic N) is 1. The Balaban J connectivity index is 2.97. The molecular formula is C9H13FN2O. The van der Waals surface area contributed by atoms with Gasteiger partial charge in [0.2, 0.25) is 0 Å². The maximum atomic E-state index is 12.8. The second kappa shape index (κ2) is 3.81. The van der Waals surface area contributed by atoms with Gasteiger partial charge >= 0.3 is 0 Å². The van der Waals surface area contributed by atoms with E-state index in [0.717, 1.165) is 6.20 Å². The summed E-state index contributed by atoms with van der Waals surface area (Å²) in [4.78, 5) is 3.76. The van der Waals surface area contributed by atoms with E-state index in [1.54, 1.807) is 13.8 Å². The average Bonchev–Trinajstić information content (AvgIpc) is 2.08. The van der Waals surface area contributed by atoms with E-state index >= 15 is 0 Å². The molecule has 0 radical (unpaired) electrons. The van der Waals surface area contributed by atoms with Crippen LogP contribution in [0.15, 0.2) is 12.3 Å². The number of aromatic nitrogens is 1. The smallest absolute Gasteiger partial charge is 0.144 e. The lowest BCUT2D eigenvalue weighted by atomic mass is 10.1. The third-order valence-corrected chi connectivity index (χ3v) is 1.87. The Bertz CT molecular complexity index is 302. The van der Waals surface area contributed by atoms with Crippen molar-refractivity contribution >= 4 is 0 Å². The molecule has 1 heterocycles. The highest BCUT2D eigenvalue weighted by atomic mass is 19.1. The summed E-state index contributed by atoms with van der Waals surface area (Å²) < 4.78 is 12.8. The summed E-state index contributed by atoms with van der Waals surface area (Å²) in [5, 5.41) is 9.50. The Morgan fingerprint density at radius 2 is 2.23 bits per heavy atom. The van der Waals surface area contributed by atoms with E-state index < -0.39 is 12.1 Å². The number of aliphatic hydroxyl groups excluding tert-OH is 1. The van der Waals surface area contributed by atoms with Crippen LogP contribution in [0.3, 0.4) is 0 Å². The van der Waals surface area contributed by atoms with Crippen LogP contribution in [-0.2, 0) is 0 Å². The van der Waals surface area contributed by atoms with Crippen molar-refractivity contribution in [1.29, 1.82) is 0 Å². The molecule has 4 heteroatoms. The SMILES string of the molecule is Cc1cc([C@H](O)[C@H](C)N)ncc1F. The first kappa shape index (κ1) is 10.1. The van der Waals surface area contributed by atoms with Gasteiger partial charge in [-0.25, -0.2) is 4.39 Å². The number of rotatable bonds is 2. The number of nitrogens with two attached hydrogens (primary N) is 1. The summed E-state index contributed by atoms with van der Waals surface area (Å²) in [6.07, 6.45) is 0.260. The molecule has 0 aliphatic rings. The third-order valence-electron chi connectivity index (χ3n) is 1.87. The highest BCUT2D eigenvalue weighted by Crippen LogP contribution is 2.15. The second-order valence-electron chi connectivity index (χ2n) is 3.16. The summed E-state index contributed by atoms with van der Waals surface area (Å²) >= 11 is 0. The van der Waals surface area contributed by atoms with Gasteiger partial charge in [-0.3, -0.25) is 4.98 Å². The predicted octanol–water partition coefficient (Wildman–Crippen LogP) is 0.910. The molecule has 3 nitrogen and oxygen atoms in total. The number of halogens is 1. The minimum absolute atomic E-state index is 0.374. The van der Waals surface area contributed by atoms with Gasteiger partial charge in [-0.1, -0.05) is 0 Å². The van der Waals surface area contributed by atoms with Gasteiger partial charge in [-0.05, 0) is 25.5 Å². The Morgan fingerprint density at radius 3 is 2.69 bits per heavy atom. The molecule has 2 atom stereocenters. The Labute approximate surface area is 76.4 Å². The first-order chi connectivity index (χ1) is 6.02. The van der Waals surface area contributed by atoms with Gasteiger partial charge in [0, 0.05) is 6.04 Å². The monoisotopic (exact) mass is 184 g/mol. The maximum Gasteiger partial charge on any atom is 0.144 e.